The number of carbonyl (C=O) groups excluding carboxylic acids is 1. The number of aliphatic hydroxyl groups excluding tert-OH is 1. The number of aliphatic hydroxyl groups is 1. The zero-order valence-electron chi connectivity index (χ0n) is 9.56. The number of hydrogen-bond acceptors (Lipinski definition) is 3. The van der Waals surface area contributed by atoms with E-state index in [0.29, 0.717) is 13.1 Å². The number of nitrogens with zero attached hydrogens (tertiary/aromatic N) is 1. The zero-order chi connectivity index (χ0) is 11.5. The van der Waals surface area contributed by atoms with E-state index in [4.69, 9.17) is 9.84 Å². The second-order valence-electron chi connectivity index (χ2n) is 4.76. The second kappa shape index (κ2) is 4.66. The molecule has 1 amide bonds. The van der Waals surface area contributed by atoms with Crippen LogP contribution in [0.15, 0.2) is 12.2 Å². The number of rotatable bonds is 1. The Morgan fingerprint density at radius 2 is 2.27 bits per heavy atom. The molecule has 1 heterocycles. The van der Waals surface area contributed by atoms with Crippen LogP contribution in [0, 0.1) is 5.92 Å². The van der Waals surface area contributed by atoms with Gasteiger partial charge in [0.05, 0.1) is 6.61 Å². The van der Waals surface area contributed by atoms with Crippen LogP contribution in [-0.4, -0.2) is 41.4 Å². The van der Waals surface area contributed by atoms with E-state index >= 15 is 0 Å². The van der Waals surface area contributed by atoms with Crippen molar-refractivity contribution in [2.75, 3.05) is 19.7 Å². The van der Waals surface area contributed by atoms with E-state index in [1.165, 1.54) is 0 Å². The number of amides is 1. The van der Waals surface area contributed by atoms with E-state index < -0.39 is 5.60 Å². The first-order chi connectivity index (χ1) is 6.92. The molecule has 15 heavy (non-hydrogen) atoms. The molecule has 1 N–H and O–H groups in total. The maximum absolute atomic E-state index is 11.7. The van der Waals surface area contributed by atoms with Gasteiger partial charge in [-0.2, -0.15) is 0 Å². The van der Waals surface area contributed by atoms with Crippen LogP contribution < -0.4 is 0 Å². The summed E-state index contributed by atoms with van der Waals surface area (Å²) in [4.78, 5) is 13.3. The Balaban J connectivity index is 2.51. The van der Waals surface area contributed by atoms with Gasteiger partial charge in [0.15, 0.2) is 0 Å². The van der Waals surface area contributed by atoms with Crippen molar-refractivity contribution in [2.24, 2.45) is 5.92 Å². The average molecular weight is 213 g/mol. The van der Waals surface area contributed by atoms with Crippen molar-refractivity contribution in [1.29, 1.82) is 0 Å². The molecule has 1 rings (SSSR count). The molecule has 0 saturated carbocycles. The summed E-state index contributed by atoms with van der Waals surface area (Å²) in [6.45, 7) is 6.68. The fourth-order valence-electron chi connectivity index (χ4n) is 1.39. The SMILES string of the molecule is CC(C)(C)OC(=O)N1CC=CC(CO)C1. The molecule has 0 fully saturated rings. The van der Waals surface area contributed by atoms with Gasteiger partial charge >= 0.3 is 6.09 Å². The molecule has 0 aliphatic carbocycles. The average Bonchev–Trinajstić information content (AvgIpc) is 2.15. The lowest BCUT2D eigenvalue weighted by molar-refractivity contribution is 0.0229. The summed E-state index contributed by atoms with van der Waals surface area (Å²) in [5.41, 5.74) is -0.465. The summed E-state index contributed by atoms with van der Waals surface area (Å²) in [7, 11) is 0. The summed E-state index contributed by atoms with van der Waals surface area (Å²) < 4.78 is 5.24. The molecule has 1 aliphatic heterocycles. The molecular weight excluding hydrogens is 194 g/mol. The highest BCUT2D eigenvalue weighted by atomic mass is 16.6. The Bertz CT molecular complexity index is 255. The topological polar surface area (TPSA) is 49.8 Å². The standard InChI is InChI=1S/C11H19NO3/c1-11(2,3)15-10(14)12-6-4-5-9(7-12)8-13/h4-5,9,13H,6-8H2,1-3H3. The lowest BCUT2D eigenvalue weighted by Gasteiger charge is -2.30. The van der Waals surface area contributed by atoms with Crippen LogP contribution >= 0.6 is 0 Å². The first-order valence-corrected chi connectivity index (χ1v) is 5.18. The van der Waals surface area contributed by atoms with E-state index in [2.05, 4.69) is 0 Å². The normalized spacial score (nSPS) is 21.6. The molecule has 1 aliphatic rings. The van der Waals surface area contributed by atoms with E-state index in [1.54, 1.807) is 4.90 Å². The van der Waals surface area contributed by atoms with E-state index in [9.17, 15) is 4.79 Å². The van der Waals surface area contributed by atoms with Gasteiger partial charge in [-0.05, 0) is 20.8 Å². The zero-order valence-corrected chi connectivity index (χ0v) is 9.56. The van der Waals surface area contributed by atoms with Gasteiger partial charge in [-0.25, -0.2) is 4.79 Å². The maximum Gasteiger partial charge on any atom is 0.410 e. The van der Waals surface area contributed by atoms with E-state index in [1.807, 2.05) is 32.9 Å². The van der Waals surface area contributed by atoms with Crippen LogP contribution in [0.5, 0.6) is 0 Å². The van der Waals surface area contributed by atoms with Gasteiger partial charge in [-0.3, -0.25) is 0 Å². The molecule has 86 valence electrons. The highest BCUT2D eigenvalue weighted by molar-refractivity contribution is 5.68. The summed E-state index contributed by atoms with van der Waals surface area (Å²) in [6.07, 6.45) is 3.50. The summed E-state index contributed by atoms with van der Waals surface area (Å²) in [5, 5.41) is 8.99. The van der Waals surface area contributed by atoms with Crippen LogP contribution in [0.1, 0.15) is 20.8 Å². The Hall–Kier alpha value is -1.03. The van der Waals surface area contributed by atoms with Crippen molar-refractivity contribution in [1.82, 2.24) is 4.90 Å². The third-order valence-corrected chi connectivity index (χ3v) is 2.08. The van der Waals surface area contributed by atoms with Gasteiger partial charge in [-0.15, -0.1) is 0 Å². The van der Waals surface area contributed by atoms with Crippen molar-refractivity contribution in [3.63, 3.8) is 0 Å². The van der Waals surface area contributed by atoms with Crippen molar-refractivity contribution in [3.8, 4) is 0 Å². The quantitative estimate of drug-likeness (QED) is 0.670. The lowest BCUT2D eigenvalue weighted by atomic mass is 10.1. The highest BCUT2D eigenvalue weighted by Crippen LogP contribution is 2.14. The van der Waals surface area contributed by atoms with Crippen LogP contribution in [-0.2, 0) is 4.74 Å². The molecule has 0 aromatic carbocycles. The minimum atomic E-state index is -0.465. The van der Waals surface area contributed by atoms with Crippen LogP contribution in [0.3, 0.4) is 0 Å². The molecule has 4 nitrogen and oxygen atoms in total. The smallest absolute Gasteiger partial charge is 0.410 e. The maximum atomic E-state index is 11.7. The fraction of sp³-hybridized carbons (Fsp3) is 0.727. The largest absolute Gasteiger partial charge is 0.444 e. The van der Waals surface area contributed by atoms with Crippen molar-refractivity contribution >= 4 is 6.09 Å². The van der Waals surface area contributed by atoms with Gasteiger partial charge in [0.25, 0.3) is 0 Å². The second-order valence-corrected chi connectivity index (χ2v) is 4.76. The third-order valence-electron chi connectivity index (χ3n) is 2.08. The fourth-order valence-corrected chi connectivity index (χ4v) is 1.39. The van der Waals surface area contributed by atoms with Crippen molar-refractivity contribution in [2.45, 2.75) is 26.4 Å². The summed E-state index contributed by atoms with van der Waals surface area (Å²) in [6, 6.07) is 0. The first kappa shape index (κ1) is 12.0. The summed E-state index contributed by atoms with van der Waals surface area (Å²) >= 11 is 0. The van der Waals surface area contributed by atoms with E-state index in [0.717, 1.165) is 0 Å². The van der Waals surface area contributed by atoms with Crippen LogP contribution in [0.4, 0.5) is 4.79 Å². The Kier molecular flexibility index (Phi) is 3.74. The minimum Gasteiger partial charge on any atom is -0.444 e. The molecule has 0 radical (unpaired) electrons. The molecule has 0 spiro atoms. The molecule has 0 saturated heterocycles. The van der Waals surface area contributed by atoms with Gasteiger partial charge in [0.2, 0.25) is 0 Å². The van der Waals surface area contributed by atoms with E-state index in [-0.39, 0.29) is 18.6 Å². The van der Waals surface area contributed by atoms with Crippen molar-refractivity contribution < 1.29 is 14.6 Å². The monoisotopic (exact) mass is 213 g/mol. The molecule has 1 atom stereocenters. The molecule has 1 unspecified atom stereocenters. The molecule has 0 aromatic heterocycles. The van der Waals surface area contributed by atoms with Gasteiger partial charge in [-0.1, -0.05) is 12.2 Å². The van der Waals surface area contributed by atoms with Gasteiger partial charge in [0, 0.05) is 19.0 Å². The third kappa shape index (κ3) is 3.91. The Labute approximate surface area is 90.5 Å². The highest BCUT2D eigenvalue weighted by Gasteiger charge is 2.24. The summed E-state index contributed by atoms with van der Waals surface area (Å²) in [5.74, 6) is 0.0336. The predicted octanol–water partition coefficient (Wildman–Crippen LogP) is 1.40. The number of carbonyl (C=O) groups is 1. The van der Waals surface area contributed by atoms with Crippen molar-refractivity contribution in [3.05, 3.63) is 12.2 Å². The number of ether oxygens (including phenoxy) is 1. The lowest BCUT2D eigenvalue weighted by Crippen LogP contribution is -2.41. The first-order valence-electron chi connectivity index (χ1n) is 5.18. The van der Waals surface area contributed by atoms with Crippen LogP contribution in [0.2, 0.25) is 0 Å². The van der Waals surface area contributed by atoms with Crippen LogP contribution in [0.25, 0.3) is 0 Å². The Morgan fingerprint density at radius 3 is 2.80 bits per heavy atom. The molecule has 0 aromatic rings. The minimum absolute atomic E-state index is 0.0336. The number of hydrogen-bond donors (Lipinski definition) is 1. The molecule has 4 heteroatoms. The van der Waals surface area contributed by atoms with Gasteiger partial charge in [0.1, 0.15) is 5.60 Å². The van der Waals surface area contributed by atoms with Gasteiger partial charge < -0.3 is 14.7 Å². The molecule has 0 bridgehead atoms. The molecular formula is C11H19NO3. The Morgan fingerprint density at radius 1 is 1.60 bits per heavy atom. The predicted molar refractivity (Wildman–Crippen MR) is 57.5 cm³/mol.